The maximum atomic E-state index is 13.1. The molecule has 19 heavy (non-hydrogen) atoms. The Labute approximate surface area is 114 Å². The number of halogens is 2. The smallest absolute Gasteiger partial charge is 0.187 e. The van der Waals surface area contributed by atoms with Crippen molar-refractivity contribution in [2.75, 3.05) is 0 Å². The van der Waals surface area contributed by atoms with Gasteiger partial charge >= 0.3 is 0 Å². The Morgan fingerprint density at radius 3 is 2.53 bits per heavy atom. The minimum atomic E-state index is -0.929. The van der Waals surface area contributed by atoms with Crippen molar-refractivity contribution >= 4 is 11.3 Å². The quantitative estimate of drug-likeness (QED) is 0.879. The molecule has 0 fully saturated rings. The molecule has 2 aromatic rings. The zero-order chi connectivity index (χ0) is 13.8. The lowest BCUT2D eigenvalue weighted by Crippen LogP contribution is -2.13. The minimum Gasteiger partial charge on any atom is -0.503 e. The second-order valence-corrected chi connectivity index (χ2v) is 5.23. The van der Waals surface area contributed by atoms with Gasteiger partial charge in [0.2, 0.25) is 0 Å². The minimum absolute atomic E-state index is 0.356. The van der Waals surface area contributed by atoms with Gasteiger partial charge in [-0.25, -0.2) is 8.78 Å². The van der Waals surface area contributed by atoms with E-state index in [1.807, 2.05) is 5.38 Å². The molecule has 0 atom stereocenters. The number of aromatic hydroxyl groups is 1. The summed E-state index contributed by atoms with van der Waals surface area (Å²) in [5.74, 6) is -2.78. The summed E-state index contributed by atoms with van der Waals surface area (Å²) in [6, 6.07) is 4.36. The summed E-state index contributed by atoms with van der Waals surface area (Å²) in [4.78, 5) is 1.24. The topological polar surface area (TPSA) is 32.3 Å². The van der Waals surface area contributed by atoms with E-state index in [-0.39, 0.29) is 0 Å². The van der Waals surface area contributed by atoms with Crippen LogP contribution in [0.1, 0.15) is 22.9 Å². The Bertz CT molecular complexity index is 545. The molecule has 1 aromatic carbocycles. The molecule has 1 aromatic heterocycles. The van der Waals surface area contributed by atoms with Crippen molar-refractivity contribution in [3.63, 3.8) is 0 Å². The van der Waals surface area contributed by atoms with E-state index in [0.717, 1.165) is 18.6 Å². The largest absolute Gasteiger partial charge is 0.503 e. The van der Waals surface area contributed by atoms with Gasteiger partial charge in [-0.15, -0.1) is 11.3 Å². The third-order valence-electron chi connectivity index (χ3n) is 2.91. The van der Waals surface area contributed by atoms with Crippen LogP contribution in [0.5, 0.6) is 5.75 Å². The van der Waals surface area contributed by atoms with Crippen molar-refractivity contribution in [2.45, 2.75) is 26.4 Å². The van der Waals surface area contributed by atoms with Gasteiger partial charge in [-0.1, -0.05) is 6.92 Å². The van der Waals surface area contributed by atoms with E-state index >= 15 is 0 Å². The van der Waals surface area contributed by atoms with Crippen molar-refractivity contribution in [2.24, 2.45) is 0 Å². The number of benzene rings is 1. The summed E-state index contributed by atoms with van der Waals surface area (Å²) in [7, 11) is 0. The highest BCUT2D eigenvalue weighted by atomic mass is 32.1. The molecule has 0 saturated heterocycles. The van der Waals surface area contributed by atoms with Gasteiger partial charge in [0.25, 0.3) is 0 Å². The standard InChI is InChI=1S/C14H15F2NOS/c1-2-10-3-4-19-13(10)8-17-7-9-5-11(15)14(18)12(16)6-9/h3-6,17-18H,2,7-8H2,1H3. The lowest BCUT2D eigenvalue weighted by Gasteiger charge is -2.07. The van der Waals surface area contributed by atoms with Gasteiger partial charge in [-0.3, -0.25) is 0 Å². The Kier molecular flexibility index (Phi) is 4.50. The fraction of sp³-hybridized carbons (Fsp3) is 0.286. The van der Waals surface area contributed by atoms with Crippen molar-refractivity contribution in [3.05, 3.63) is 51.2 Å². The van der Waals surface area contributed by atoms with Gasteiger partial charge in [0, 0.05) is 18.0 Å². The molecule has 2 rings (SSSR count). The average molecular weight is 283 g/mol. The van der Waals surface area contributed by atoms with Gasteiger partial charge in [-0.05, 0) is 41.1 Å². The first-order chi connectivity index (χ1) is 9.11. The Morgan fingerprint density at radius 2 is 1.89 bits per heavy atom. The molecule has 0 aliphatic rings. The lowest BCUT2D eigenvalue weighted by atomic mass is 10.2. The molecule has 0 aliphatic carbocycles. The maximum Gasteiger partial charge on any atom is 0.187 e. The molecule has 0 amide bonds. The third kappa shape index (κ3) is 3.30. The van der Waals surface area contributed by atoms with E-state index in [1.165, 1.54) is 10.4 Å². The number of thiophene rings is 1. The molecule has 5 heteroatoms. The molecular formula is C14H15F2NOS. The number of phenolic OH excluding ortho intramolecular Hbond substituents is 1. The highest BCUT2D eigenvalue weighted by molar-refractivity contribution is 7.10. The predicted octanol–water partition coefficient (Wildman–Crippen LogP) is 3.58. The van der Waals surface area contributed by atoms with Crippen LogP contribution >= 0.6 is 11.3 Å². The zero-order valence-corrected chi connectivity index (χ0v) is 11.4. The highest BCUT2D eigenvalue weighted by Crippen LogP contribution is 2.21. The first-order valence-electron chi connectivity index (χ1n) is 6.04. The van der Waals surface area contributed by atoms with Crippen LogP contribution in [0.3, 0.4) is 0 Å². The molecule has 0 bridgehead atoms. The van der Waals surface area contributed by atoms with Gasteiger partial charge in [0.05, 0.1) is 0 Å². The van der Waals surface area contributed by atoms with E-state index in [0.29, 0.717) is 18.7 Å². The molecule has 0 saturated carbocycles. The van der Waals surface area contributed by atoms with Crippen LogP contribution in [0.25, 0.3) is 0 Å². The first kappa shape index (κ1) is 14.0. The number of hydrogen-bond donors (Lipinski definition) is 2. The molecule has 102 valence electrons. The van der Waals surface area contributed by atoms with Crippen LogP contribution in [-0.4, -0.2) is 5.11 Å². The fourth-order valence-corrected chi connectivity index (χ4v) is 2.82. The molecule has 1 heterocycles. The Balaban J connectivity index is 1.96. The molecule has 0 radical (unpaired) electrons. The van der Waals surface area contributed by atoms with Gasteiger partial charge in [0.15, 0.2) is 17.4 Å². The van der Waals surface area contributed by atoms with Crippen LogP contribution in [-0.2, 0) is 19.5 Å². The van der Waals surface area contributed by atoms with E-state index in [2.05, 4.69) is 18.3 Å². The van der Waals surface area contributed by atoms with Crippen LogP contribution in [0.2, 0.25) is 0 Å². The summed E-state index contributed by atoms with van der Waals surface area (Å²) in [5.41, 5.74) is 1.77. The monoisotopic (exact) mass is 283 g/mol. The third-order valence-corrected chi connectivity index (χ3v) is 3.87. The molecule has 0 unspecified atom stereocenters. The van der Waals surface area contributed by atoms with Crippen LogP contribution < -0.4 is 5.32 Å². The van der Waals surface area contributed by atoms with E-state index in [9.17, 15) is 8.78 Å². The number of nitrogens with one attached hydrogen (secondary N) is 1. The van der Waals surface area contributed by atoms with Gasteiger partial charge in [-0.2, -0.15) is 0 Å². The lowest BCUT2D eigenvalue weighted by molar-refractivity contribution is 0.395. The fourth-order valence-electron chi connectivity index (χ4n) is 1.88. The number of rotatable bonds is 5. The molecule has 0 spiro atoms. The summed E-state index contributed by atoms with van der Waals surface area (Å²) in [6.45, 7) is 3.12. The van der Waals surface area contributed by atoms with Crippen molar-refractivity contribution in [1.82, 2.24) is 5.32 Å². The maximum absolute atomic E-state index is 13.1. The Hall–Kier alpha value is -1.46. The SMILES string of the molecule is CCc1ccsc1CNCc1cc(F)c(O)c(F)c1. The van der Waals surface area contributed by atoms with Gasteiger partial charge in [0.1, 0.15) is 0 Å². The second kappa shape index (κ2) is 6.12. The van der Waals surface area contributed by atoms with Crippen molar-refractivity contribution in [3.8, 4) is 5.75 Å². The molecular weight excluding hydrogens is 268 g/mol. The highest BCUT2D eigenvalue weighted by Gasteiger charge is 2.09. The summed E-state index contributed by atoms with van der Waals surface area (Å²) >= 11 is 1.67. The number of hydrogen-bond acceptors (Lipinski definition) is 3. The zero-order valence-electron chi connectivity index (χ0n) is 10.5. The predicted molar refractivity (Wildman–Crippen MR) is 72.3 cm³/mol. The Morgan fingerprint density at radius 1 is 1.21 bits per heavy atom. The first-order valence-corrected chi connectivity index (χ1v) is 6.92. The van der Waals surface area contributed by atoms with Crippen molar-refractivity contribution in [1.29, 1.82) is 0 Å². The summed E-state index contributed by atoms with van der Waals surface area (Å²) in [5, 5.41) is 14.2. The van der Waals surface area contributed by atoms with E-state index in [1.54, 1.807) is 11.3 Å². The number of phenols is 1. The van der Waals surface area contributed by atoms with Crippen LogP contribution in [0.4, 0.5) is 8.78 Å². The van der Waals surface area contributed by atoms with E-state index in [4.69, 9.17) is 5.11 Å². The molecule has 0 aliphatic heterocycles. The normalized spacial score (nSPS) is 10.9. The van der Waals surface area contributed by atoms with E-state index < -0.39 is 17.4 Å². The van der Waals surface area contributed by atoms with Gasteiger partial charge < -0.3 is 10.4 Å². The van der Waals surface area contributed by atoms with Crippen LogP contribution in [0, 0.1) is 11.6 Å². The molecule has 2 N–H and O–H groups in total. The summed E-state index contributed by atoms with van der Waals surface area (Å²) < 4.78 is 26.3. The van der Waals surface area contributed by atoms with Crippen molar-refractivity contribution < 1.29 is 13.9 Å². The second-order valence-electron chi connectivity index (χ2n) is 4.23. The molecule has 2 nitrogen and oxygen atoms in total. The average Bonchev–Trinajstić information content (AvgIpc) is 2.83. The number of aryl methyl sites for hydroxylation is 1. The summed E-state index contributed by atoms with van der Waals surface area (Å²) in [6.07, 6.45) is 0.975. The van der Waals surface area contributed by atoms with Crippen LogP contribution in [0.15, 0.2) is 23.6 Å².